The molecule has 6 heteroatoms. The van der Waals surface area contributed by atoms with E-state index >= 15 is 0 Å². The third-order valence-corrected chi connectivity index (χ3v) is 4.27. The van der Waals surface area contributed by atoms with Gasteiger partial charge in [0.05, 0.1) is 5.92 Å². The fourth-order valence-corrected chi connectivity index (χ4v) is 2.81. The fourth-order valence-electron chi connectivity index (χ4n) is 2.81. The van der Waals surface area contributed by atoms with Crippen molar-refractivity contribution in [3.05, 3.63) is 0 Å². The van der Waals surface area contributed by atoms with Crippen molar-refractivity contribution in [3.63, 3.8) is 0 Å². The molecule has 0 bridgehead atoms. The molecular formula is C15H31Cl2N3O. The maximum Gasteiger partial charge on any atom is 0.227 e. The Bertz CT molecular complexity index is 307. The van der Waals surface area contributed by atoms with Crippen LogP contribution in [0.25, 0.3) is 0 Å². The highest BCUT2D eigenvalue weighted by atomic mass is 35.5. The Morgan fingerprint density at radius 1 is 1.14 bits per heavy atom. The monoisotopic (exact) mass is 339 g/mol. The highest BCUT2D eigenvalue weighted by molar-refractivity contribution is 5.85. The van der Waals surface area contributed by atoms with E-state index in [1.165, 1.54) is 6.42 Å². The summed E-state index contributed by atoms with van der Waals surface area (Å²) in [6.07, 6.45) is 2.25. The number of hydrogen-bond donors (Lipinski definition) is 1. The lowest BCUT2D eigenvalue weighted by Crippen LogP contribution is -2.51. The van der Waals surface area contributed by atoms with E-state index in [0.717, 1.165) is 52.2 Å². The summed E-state index contributed by atoms with van der Waals surface area (Å²) >= 11 is 0. The number of amides is 1. The van der Waals surface area contributed by atoms with Crippen molar-refractivity contribution in [2.45, 2.75) is 33.6 Å². The Balaban J connectivity index is 0.00000200. The summed E-state index contributed by atoms with van der Waals surface area (Å²) in [6, 6.07) is 0. The lowest BCUT2D eigenvalue weighted by atomic mass is 9.92. The first-order valence-electron chi connectivity index (χ1n) is 7.67. The Labute approximate surface area is 141 Å². The SMILES string of the molecule is CC(C)(C)CCN1CCN(C(=O)C2CCNC2)CC1.Cl.Cl. The van der Waals surface area contributed by atoms with Crippen molar-refractivity contribution in [3.8, 4) is 0 Å². The Morgan fingerprint density at radius 3 is 2.24 bits per heavy atom. The van der Waals surface area contributed by atoms with E-state index in [4.69, 9.17) is 0 Å². The van der Waals surface area contributed by atoms with Crippen molar-refractivity contribution in [2.75, 3.05) is 45.8 Å². The second-order valence-electron chi connectivity index (χ2n) is 7.17. The van der Waals surface area contributed by atoms with E-state index in [1.54, 1.807) is 0 Å². The third kappa shape index (κ3) is 6.72. The summed E-state index contributed by atoms with van der Waals surface area (Å²) in [5.74, 6) is 0.613. The molecule has 4 nitrogen and oxygen atoms in total. The average Bonchev–Trinajstić information content (AvgIpc) is 2.89. The topological polar surface area (TPSA) is 35.6 Å². The minimum absolute atomic E-state index is 0. The van der Waals surface area contributed by atoms with Crippen LogP contribution in [-0.4, -0.2) is 61.5 Å². The molecule has 0 aromatic carbocycles. The summed E-state index contributed by atoms with van der Waals surface area (Å²) in [6.45, 7) is 13.8. The number of halogens is 2. The van der Waals surface area contributed by atoms with Crippen molar-refractivity contribution in [2.24, 2.45) is 11.3 Å². The molecule has 0 aliphatic carbocycles. The van der Waals surface area contributed by atoms with Crippen LogP contribution < -0.4 is 5.32 Å². The molecular weight excluding hydrogens is 309 g/mol. The van der Waals surface area contributed by atoms with Gasteiger partial charge in [-0.2, -0.15) is 0 Å². The molecule has 2 aliphatic rings. The second-order valence-corrected chi connectivity index (χ2v) is 7.17. The molecule has 0 radical (unpaired) electrons. The van der Waals surface area contributed by atoms with Gasteiger partial charge in [0.1, 0.15) is 0 Å². The number of carbonyl (C=O) groups excluding carboxylic acids is 1. The average molecular weight is 340 g/mol. The van der Waals surface area contributed by atoms with Gasteiger partial charge in [-0.05, 0) is 31.3 Å². The van der Waals surface area contributed by atoms with Gasteiger partial charge in [0, 0.05) is 32.7 Å². The van der Waals surface area contributed by atoms with Crippen LogP contribution in [-0.2, 0) is 4.79 Å². The van der Waals surface area contributed by atoms with Crippen LogP contribution >= 0.6 is 24.8 Å². The molecule has 0 saturated carbocycles. The summed E-state index contributed by atoms with van der Waals surface area (Å²) in [4.78, 5) is 16.9. The van der Waals surface area contributed by atoms with Crippen LogP contribution in [0, 0.1) is 11.3 Å². The molecule has 126 valence electrons. The smallest absolute Gasteiger partial charge is 0.227 e. The van der Waals surface area contributed by atoms with E-state index in [-0.39, 0.29) is 30.7 Å². The number of nitrogens with one attached hydrogen (secondary N) is 1. The van der Waals surface area contributed by atoms with E-state index in [2.05, 4.69) is 35.9 Å². The molecule has 1 atom stereocenters. The second kappa shape index (κ2) is 9.19. The molecule has 1 N–H and O–H groups in total. The van der Waals surface area contributed by atoms with Crippen molar-refractivity contribution in [1.82, 2.24) is 15.1 Å². The maximum absolute atomic E-state index is 12.3. The van der Waals surface area contributed by atoms with Crippen LogP contribution in [0.5, 0.6) is 0 Å². The van der Waals surface area contributed by atoms with Crippen LogP contribution in [0.3, 0.4) is 0 Å². The maximum atomic E-state index is 12.3. The zero-order valence-corrected chi connectivity index (χ0v) is 15.2. The molecule has 0 aromatic rings. The van der Waals surface area contributed by atoms with Gasteiger partial charge in [0.2, 0.25) is 5.91 Å². The molecule has 2 fully saturated rings. The first-order valence-corrected chi connectivity index (χ1v) is 7.67. The molecule has 21 heavy (non-hydrogen) atoms. The summed E-state index contributed by atoms with van der Waals surface area (Å²) in [5.41, 5.74) is 0.405. The van der Waals surface area contributed by atoms with Gasteiger partial charge in [-0.1, -0.05) is 20.8 Å². The number of hydrogen-bond acceptors (Lipinski definition) is 3. The van der Waals surface area contributed by atoms with E-state index < -0.39 is 0 Å². The van der Waals surface area contributed by atoms with Crippen LogP contribution in [0.4, 0.5) is 0 Å². The summed E-state index contributed by atoms with van der Waals surface area (Å²) in [7, 11) is 0. The third-order valence-electron chi connectivity index (χ3n) is 4.27. The number of nitrogens with zero attached hydrogens (tertiary/aromatic N) is 2. The minimum Gasteiger partial charge on any atom is -0.340 e. The van der Waals surface area contributed by atoms with Gasteiger partial charge >= 0.3 is 0 Å². The predicted octanol–water partition coefficient (Wildman–Crippen LogP) is 2.02. The van der Waals surface area contributed by atoms with E-state index in [9.17, 15) is 4.79 Å². The summed E-state index contributed by atoms with van der Waals surface area (Å²) in [5, 5.41) is 3.28. The molecule has 0 spiro atoms. The van der Waals surface area contributed by atoms with Gasteiger partial charge in [0.15, 0.2) is 0 Å². The Hall–Kier alpha value is -0.0300. The highest BCUT2D eigenvalue weighted by Crippen LogP contribution is 2.20. The van der Waals surface area contributed by atoms with Crippen molar-refractivity contribution < 1.29 is 4.79 Å². The fraction of sp³-hybridized carbons (Fsp3) is 0.933. The molecule has 2 rings (SSSR count). The Kier molecular flexibility index (Phi) is 9.17. The van der Waals surface area contributed by atoms with Crippen LogP contribution in [0.2, 0.25) is 0 Å². The molecule has 2 aliphatic heterocycles. The number of carbonyl (C=O) groups is 1. The molecule has 1 unspecified atom stereocenters. The molecule has 2 saturated heterocycles. The lowest BCUT2D eigenvalue weighted by molar-refractivity contribution is -0.136. The van der Waals surface area contributed by atoms with Gasteiger partial charge in [-0.15, -0.1) is 24.8 Å². The lowest BCUT2D eigenvalue weighted by Gasteiger charge is -2.36. The standard InChI is InChI=1S/C15H29N3O.2ClH/c1-15(2,3)5-7-17-8-10-18(11-9-17)14(19)13-4-6-16-12-13;;/h13,16H,4-12H2,1-3H3;2*1H. The van der Waals surface area contributed by atoms with E-state index in [0.29, 0.717) is 11.3 Å². The van der Waals surface area contributed by atoms with Gasteiger partial charge in [-0.25, -0.2) is 0 Å². The zero-order valence-electron chi connectivity index (χ0n) is 13.6. The summed E-state index contributed by atoms with van der Waals surface area (Å²) < 4.78 is 0. The van der Waals surface area contributed by atoms with E-state index in [1.807, 2.05) is 0 Å². The number of rotatable bonds is 3. The molecule has 2 heterocycles. The normalized spacial score (nSPS) is 23.4. The minimum atomic E-state index is 0. The largest absolute Gasteiger partial charge is 0.340 e. The first-order chi connectivity index (χ1) is 8.96. The number of piperazine rings is 1. The molecule has 1 amide bonds. The predicted molar refractivity (Wildman–Crippen MR) is 92.6 cm³/mol. The van der Waals surface area contributed by atoms with Crippen molar-refractivity contribution in [1.29, 1.82) is 0 Å². The van der Waals surface area contributed by atoms with Gasteiger partial charge in [0.25, 0.3) is 0 Å². The highest BCUT2D eigenvalue weighted by Gasteiger charge is 2.29. The van der Waals surface area contributed by atoms with Crippen LogP contribution in [0.15, 0.2) is 0 Å². The first kappa shape index (κ1) is 21.0. The quantitative estimate of drug-likeness (QED) is 0.854. The van der Waals surface area contributed by atoms with Crippen molar-refractivity contribution >= 4 is 30.7 Å². The molecule has 0 aromatic heterocycles. The zero-order chi connectivity index (χ0) is 13.9. The van der Waals surface area contributed by atoms with Gasteiger partial charge < -0.3 is 10.2 Å². The van der Waals surface area contributed by atoms with Crippen LogP contribution in [0.1, 0.15) is 33.6 Å². The Morgan fingerprint density at radius 2 is 1.76 bits per heavy atom. The van der Waals surface area contributed by atoms with Gasteiger partial charge in [-0.3, -0.25) is 9.69 Å².